The number of aliphatic imine (C=N–C) groups is 2. The van der Waals surface area contributed by atoms with Crippen molar-refractivity contribution in [1.82, 2.24) is 20.1 Å². The number of nitrogens with two attached hydrogens (primary N) is 2. The number of ether oxygens (including phenoxy) is 1. The zero-order valence-electron chi connectivity index (χ0n) is 35.3. The van der Waals surface area contributed by atoms with Crippen LogP contribution in [0, 0.1) is 17.6 Å². The number of morpholine rings is 1. The molecule has 0 radical (unpaired) electrons. The fourth-order valence-corrected chi connectivity index (χ4v) is 7.68. The number of hydrogen-bond donors (Lipinski definition) is 2. The molecule has 4 aromatic carbocycles. The van der Waals surface area contributed by atoms with E-state index in [9.17, 15) is 8.78 Å². The molecule has 0 aliphatic carbocycles. The molecule has 13 heteroatoms. The molecular formula is C48H54F2N8O3. The Balaban J connectivity index is 0.000000184. The summed E-state index contributed by atoms with van der Waals surface area (Å²) < 4.78 is 44.6. The number of hydrogen-bond acceptors (Lipinski definition) is 7. The SMILES string of the molecule is CC1CCN(/C(N)=N\c2cc(C(C)c3ccc(-c4ccccc4F)cc3)no2)CC1.CC1CN(/C(N)=N/c2cc(C(C)c3ccc(-c4ccccc4F)cc3)no2)CC(C)O1. The molecule has 11 nitrogen and oxygen atoms in total. The Bertz CT molecular complexity index is 2410. The molecule has 4 atom stereocenters. The highest BCUT2D eigenvalue weighted by atomic mass is 19.1. The molecule has 318 valence electrons. The van der Waals surface area contributed by atoms with Gasteiger partial charge in [0.15, 0.2) is 11.9 Å². The molecule has 2 aliphatic heterocycles. The van der Waals surface area contributed by atoms with Crippen LogP contribution in [0.1, 0.15) is 81.8 Å². The van der Waals surface area contributed by atoms with Crippen LogP contribution < -0.4 is 11.5 Å². The molecule has 4 N–H and O–H groups in total. The van der Waals surface area contributed by atoms with E-state index in [0.717, 1.165) is 65.5 Å². The standard InChI is InChI=1S/C24H27FN4O2.C24H27FN4O/c1-15-13-29(14-16(2)30-15)24(26)27-23-12-22(28-31-23)17(3)18-8-10-19(11-9-18)20-6-4-5-7-21(20)25;1-16-11-13-29(14-12-16)24(26)27-23-15-22(28-30-23)17(2)18-7-9-19(10-8-18)20-5-3-4-6-21(20)25/h4-12,15-17H,13-14H2,1-3H3,(H2,26,27);3-10,15-17H,11-14H2,1-2H3,(H2,26,27). The van der Waals surface area contributed by atoms with Crippen LogP contribution in [0.5, 0.6) is 0 Å². The zero-order chi connectivity index (χ0) is 43.0. The van der Waals surface area contributed by atoms with Crippen LogP contribution in [0.2, 0.25) is 0 Å². The van der Waals surface area contributed by atoms with E-state index >= 15 is 0 Å². The summed E-state index contributed by atoms with van der Waals surface area (Å²) in [7, 11) is 0. The maximum absolute atomic E-state index is 14.0. The average molecular weight is 829 g/mol. The summed E-state index contributed by atoms with van der Waals surface area (Å²) in [6, 6.07) is 32.8. The molecule has 2 aliphatic rings. The lowest BCUT2D eigenvalue weighted by atomic mass is 9.95. The Kier molecular flexibility index (Phi) is 13.6. The first-order valence-electron chi connectivity index (χ1n) is 20.9. The van der Waals surface area contributed by atoms with Gasteiger partial charge in [0.05, 0.1) is 23.6 Å². The van der Waals surface area contributed by atoms with E-state index in [1.165, 1.54) is 12.1 Å². The third kappa shape index (κ3) is 10.7. The highest BCUT2D eigenvalue weighted by Gasteiger charge is 2.24. The van der Waals surface area contributed by atoms with Gasteiger partial charge in [-0.3, -0.25) is 0 Å². The fourth-order valence-electron chi connectivity index (χ4n) is 7.68. The van der Waals surface area contributed by atoms with E-state index in [0.29, 0.717) is 47.9 Å². The van der Waals surface area contributed by atoms with Crippen molar-refractivity contribution >= 4 is 23.7 Å². The molecule has 0 bridgehead atoms. The Hall–Kier alpha value is -6.34. The molecule has 2 saturated heterocycles. The van der Waals surface area contributed by atoms with Crippen LogP contribution in [0.4, 0.5) is 20.5 Å². The van der Waals surface area contributed by atoms with Gasteiger partial charge in [-0.25, -0.2) is 8.78 Å². The second-order valence-corrected chi connectivity index (χ2v) is 16.1. The van der Waals surface area contributed by atoms with E-state index in [4.69, 9.17) is 25.3 Å². The average Bonchev–Trinajstić information content (AvgIpc) is 3.94. The predicted molar refractivity (Wildman–Crippen MR) is 236 cm³/mol. The Morgan fingerprint density at radius 3 is 1.46 bits per heavy atom. The van der Waals surface area contributed by atoms with Gasteiger partial charge in [0, 0.05) is 61.3 Å². The van der Waals surface area contributed by atoms with Gasteiger partial charge >= 0.3 is 0 Å². The summed E-state index contributed by atoms with van der Waals surface area (Å²) in [6.07, 6.45) is 2.43. The van der Waals surface area contributed by atoms with Gasteiger partial charge in [0.1, 0.15) is 11.6 Å². The molecule has 0 saturated carbocycles. The van der Waals surface area contributed by atoms with Gasteiger partial charge in [0.2, 0.25) is 0 Å². The summed E-state index contributed by atoms with van der Waals surface area (Å²) in [5, 5.41) is 8.36. The number of aromatic nitrogens is 2. The first-order valence-corrected chi connectivity index (χ1v) is 20.9. The van der Waals surface area contributed by atoms with E-state index < -0.39 is 0 Å². The van der Waals surface area contributed by atoms with Crippen molar-refractivity contribution in [1.29, 1.82) is 0 Å². The van der Waals surface area contributed by atoms with Gasteiger partial charge in [0.25, 0.3) is 11.8 Å². The third-order valence-electron chi connectivity index (χ3n) is 11.4. The van der Waals surface area contributed by atoms with Crippen LogP contribution in [0.15, 0.2) is 128 Å². The first-order chi connectivity index (χ1) is 29.4. The minimum atomic E-state index is -0.232. The van der Waals surface area contributed by atoms with E-state index in [-0.39, 0.29) is 35.7 Å². The summed E-state index contributed by atoms with van der Waals surface area (Å²) in [4.78, 5) is 12.9. The number of guanidine groups is 2. The molecule has 4 heterocycles. The maximum atomic E-state index is 14.0. The van der Waals surface area contributed by atoms with Crippen LogP contribution in [-0.4, -0.2) is 70.4 Å². The van der Waals surface area contributed by atoms with Crippen molar-refractivity contribution in [3.63, 3.8) is 0 Å². The summed E-state index contributed by atoms with van der Waals surface area (Å²) >= 11 is 0. The van der Waals surface area contributed by atoms with Gasteiger partial charge in [-0.2, -0.15) is 9.98 Å². The predicted octanol–water partition coefficient (Wildman–Crippen LogP) is 10.00. The number of nitrogens with zero attached hydrogens (tertiary/aromatic N) is 6. The van der Waals surface area contributed by atoms with Gasteiger partial charge in [-0.1, -0.05) is 116 Å². The van der Waals surface area contributed by atoms with Gasteiger partial charge in [-0.15, -0.1) is 0 Å². The second-order valence-electron chi connectivity index (χ2n) is 16.1. The number of halogens is 2. The Morgan fingerprint density at radius 2 is 1.03 bits per heavy atom. The Morgan fingerprint density at radius 1 is 0.623 bits per heavy atom. The number of rotatable bonds is 8. The van der Waals surface area contributed by atoms with E-state index in [1.807, 2.05) is 92.4 Å². The van der Waals surface area contributed by atoms with Crippen molar-refractivity contribution in [2.75, 3.05) is 26.2 Å². The number of piperidine rings is 1. The molecule has 2 fully saturated rings. The summed E-state index contributed by atoms with van der Waals surface area (Å²) in [6.45, 7) is 13.6. The molecular weight excluding hydrogens is 775 g/mol. The van der Waals surface area contributed by atoms with Gasteiger partial charge < -0.3 is 35.1 Å². The maximum Gasteiger partial charge on any atom is 0.253 e. The zero-order valence-corrected chi connectivity index (χ0v) is 35.3. The fraction of sp³-hybridized carbons (Fsp3) is 0.333. The summed E-state index contributed by atoms with van der Waals surface area (Å²) in [5.74, 6) is 1.94. The lowest BCUT2D eigenvalue weighted by Gasteiger charge is -2.35. The minimum absolute atomic E-state index is 0.00738. The quantitative estimate of drug-likeness (QED) is 0.113. The largest absolute Gasteiger partial charge is 0.372 e. The molecule has 8 rings (SSSR count). The molecule has 0 amide bonds. The van der Waals surface area contributed by atoms with E-state index in [2.05, 4.69) is 39.0 Å². The van der Waals surface area contributed by atoms with E-state index in [1.54, 1.807) is 30.3 Å². The van der Waals surface area contributed by atoms with Crippen LogP contribution in [0.25, 0.3) is 22.3 Å². The molecule has 6 aromatic rings. The highest BCUT2D eigenvalue weighted by Crippen LogP contribution is 2.31. The lowest BCUT2D eigenvalue weighted by molar-refractivity contribution is -0.0483. The third-order valence-corrected chi connectivity index (χ3v) is 11.4. The highest BCUT2D eigenvalue weighted by molar-refractivity contribution is 5.81. The summed E-state index contributed by atoms with van der Waals surface area (Å²) in [5.41, 5.74) is 18.9. The molecule has 61 heavy (non-hydrogen) atoms. The van der Waals surface area contributed by atoms with Crippen molar-refractivity contribution in [2.24, 2.45) is 27.4 Å². The lowest BCUT2D eigenvalue weighted by Crippen LogP contribution is -2.50. The minimum Gasteiger partial charge on any atom is -0.372 e. The molecule has 0 spiro atoms. The first kappa shape index (κ1) is 42.8. The molecule has 4 unspecified atom stereocenters. The Labute approximate surface area is 356 Å². The topological polar surface area (TPSA) is 145 Å². The normalized spacial score (nSPS) is 18.7. The van der Waals surface area contributed by atoms with Crippen LogP contribution in [-0.2, 0) is 4.74 Å². The van der Waals surface area contributed by atoms with Crippen LogP contribution >= 0.6 is 0 Å². The van der Waals surface area contributed by atoms with Crippen molar-refractivity contribution in [2.45, 2.75) is 71.5 Å². The number of benzene rings is 4. The smallest absolute Gasteiger partial charge is 0.253 e. The van der Waals surface area contributed by atoms with Crippen molar-refractivity contribution < 1.29 is 22.6 Å². The monoisotopic (exact) mass is 828 g/mol. The van der Waals surface area contributed by atoms with Crippen molar-refractivity contribution in [3.05, 3.63) is 143 Å². The van der Waals surface area contributed by atoms with Gasteiger partial charge in [-0.05, 0) is 67.0 Å². The van der Waals surface area contributed by atoms with Crippen LogP contribution in [0.3, 0.4) is 0 Å². The van der Waals surface area contributed by atoms with Crippen molar-refractivity contribution in [3.8, 4) is 22.3 Å². The molecule has 2 aromatic heterocycles. The second kappa shape index (κ2) is 19.4. The number of likely N-dealkylation sites (tertiary alicyclic amines) is 1.